The minimum Gasteiger partial charge on any atom is -0.468 e. The van der Waals surface area contributed by atoms with Crippen molar-refractivity contribution in [3.05, 3.63) is 0 Å². The molecule has 5 heteroatoms. The molecule has 1 N–H and O–H groups in total. The number of nitrogens with one attached hydrogen (secondary N) is 1. The van der Waals surface area contributed by atoms with E-state index in [0.29, 0.717) is 6.04 Å². The highest BCUT2D eigenvalue weighted by Crippen LogP contribution is 2.18. The van der Waals surface area contributed by atoms with Crippen molar-refractivity contribution in [2.75, 3.05) is 47.4 Å². The first-order valence-corrected chi connectivity index (χ1v) is 8.15. The van der Waals surface area contributed by atoms with E-state index in [1.807, 2.05) is 6.92 Å². The molecule has 2 atom stereocenters. The maximum atomic E-state index is 12.0. The van der Waals surface area contributed by atoms with E-state index < -0.39 is 5.54 Å². The van der Waals surface area contributed by atoms with Crippen LogP contribution in [0.25, 0.3) is 0 Å². The van der Waals surface area contributed by atoms with Gasteiger partial charge in [-0.25, -0.2) is 0 Å². The maximum absolute atomic E-state index is 12.0. The fraction of sp³-hybridized carbons (Fsp3) is 0.938. The first kappa shape index (κ1) is 18.4. The molecule has 0 spiro atoms. The van der Waals surface area contributed by atoms with E-state index in [2.05, 4.69) is 36.1 Å². The molecule has 5 nitrogen and oxygen atoms in total. The molecule has 0 aromatic carbocycles. The molecular weight excluding hydrogens is 266 g/mol. The van der Waals surface area contributed by atoms with Gasteiger partial charge in [-0.2, -0.15) is 0 Å². The zero-order valence-electron chi connectivity index (χ0n) is 14.4. The summed E-state index contributed by atoms with van der Waals surface area (Å²) in [6.07, 6.45) is 4.10. The molecule has 0 aromatic rings. The van der Waals surface area contributed by atoms with E-state index >= 15 is 0 Å². The third-order valence-electron chi connectivity index (χ3n) is 4.53. The Labute approximate surface area is 130 Å². The Morgan fingerprint density at radius 3 is 2.71 bits per heavy atom. The van der Waals surface area contributed by atoms with Crippen LogP contribution in [0.3, 0.4) is 0 Å². The number of rotatable bonds is 9. The molecular formula is C16H33N3O2. The molecule has 124 valence electrons. The maximum Gasteiger partial charge on any atom is 0.325 e. The quantitative estimate of drug-likeness (QED) is 0.651. The lowest BCUT2D eigenvalue weighted by molar-refractivity contribution is -0.148. The van der Waals surface area contributed by atoms with Gasteiger partial charge in [0.25, 0.3) is 0 Å². The fourth-order valence-corrected chi connectivity index (χ4v) is 2.98. The van der Waals surface area contributed by atoms with Gasteiger partial charge < -0.3 is 19.9 Å². The number of nitrogens with zero attached hydrogens (tertiary/aromatic N) is 2. The average Bonchev–Trinajstić information content (AvgIpc) is 2.93. The lowest BCUT2D eigenvalue weighted by Crippen LogP contribution is -2.50. The second-order valence-corrected chi connectivity index (χ2v) is 6.56. The summed E-state index contributed by atoms with van der Waals surface area (Å²) in [5, 5.41) is 3.35. The van der Waals surface area contributed by atoms with Crippen LogP contribution in [0.1, 0.15) is 39.5 Å². The van der Waals surface area contributed by atoms with Gasteiger partial charge in [-0.05, 0) is 66.3 Å². The van der Waals surface area contributed by atoms with Crippen LogP contribution in [0.4, 0.5) is 0 Å². The molecule has 0 amide bonds. The summed E-state index contributed by atoms with van der Waals surface area (Å²) in [4.78, 5) is 16.8. The van der Waals surface area contributed by atoms with E-state index in [9.17, 15) is 4.79 Å². The van der Waals surface area contributed by atoms with Crippen LogP contribution in [0, 0.1) is 0 Å². The summed E-state index contributed by atoms with van der Waals surface area (Å²) < 4.78 is 4.96. The van der Waals surface area contributed by atoms with Gasteiger partial charge in [0.15, 0.2) is 0 Å². The van der Waals surface area contributed by atoms with Gasteiger partial charge in [-0.3, -0.25) is 4.79 Å². The largest absolute Gasteiger partial charge is 0.468 e. The number of ether oxygens (including phenoxy) is 1. The Morgan fingerprint density at radius 1 is 1.48 bits per heavy atom. The summed E-state index contributed by atoms with van der Waals surface area (Å²) in [6.45, 7) is 8.28. The molecule has 1 aliphatic heterocycles. The SMILES string of the molecule is CCCNC(C)(CCCN1CCC(N(C)C)C1)C(=O)OC. The van der Waals surface area contributed by atoms with Gasteiger partial charge >= 0.3 is 5.97 Å². The van der Waals surface area contributed by atoms with Crippen molar-refractivity contribution in [2.45, 2.75) is 51.1 Å². The van der Waals surface area contributed by atoms with Gasteiger partial charge in [0.1, 0.15) is 5.54 Å². The van der Waals surface area contributed by atoms with Crippen molar-refractivity contribution < 1.29 is 9.53 Å². The summed E-state index contributed by atoms with van der Waals surface area (Å²) in [5.41, 5.74) is -0.550. The second-order valence-electron chi connectivity index (χ2n) is 6.56. The number of hydrogen-bond acceptors (Lipinski definition) is 5. The van der Waals surface area contributed by atoms with E-state index in [-0.39, 0.29) is 5.97 Å². The lowest BCUT2D eigenvalue weighted by atomic mass is 9.95. The fourth-order valence-electron chi connectivity index (χ4n) is 2.98. The van der Waals surface area contributed by atoms with Gasteiger partial charge in [0, 0.05) is 12.6 Å². The van der Waals surface area contributed by atoms with Crippen molar-refractivity contribution in [1.29, 1.82) is 0 Å². The molecule has 2 unspecified atom stereocenters. The summed E-state index contributed by atoms with van der Waals surface area (Å²) in [7, 11) is 5.77. The van der Waals surface area contributed by atoms with Crippen LogP contribution >= 0.6 is 0 Å². The highest BCUT2D eigenvalue weighted by atomic mass is 16.5. The first-order valence-electron chi connectivity index (χ1n) is 8.15. The van der Waals surface area contributed by atoms with E-state index in [1.54, 1.807) is 0 Å². The number of hydrogen-bond donors (Lipinski definition) is 1. The van der Waals surface area contributed by atoms with Crippen LogP contribution in [0.5, 0.6) is 0 Å². The summed E-state index contributed by atoms with van der Waals surface area (Å²) in [5.74, 6) is -0.150. The average molecular weight is 299 g/mol. The predicted octanol–water partition coefficient (Wildman–Crippen LogP) is 1.33. The Kier molecular flexibility index (Phi) is 7.63. The standard InChI is InChI=1S/C16H33N3O2/c1-6-10-17-16(2,15(20)21-5)9-7-11-19-12-8-14(13-19)18(3)4/h14,17H,6-13H2,1-5H3. The number of likely N-dealkylation sites (N-methyl/N-ethyl adjacent to an activating group) is 1. The van der Waals surface area contributed by atoms with Crippen molar-refractivity contribution >= 4 is 5.97 Å². The van der Waals surface area contributed by atoms with Gasteiger partial charge in [-0.1, -0.05) is 6.92 Å². The van der Waals surface area contributed by atoms with Crippen molar-refractivity contribution in [3.8, 4) is 0 Å². The zero-order valence-corrected chi connectivity index (χ0v) is 14.4. The normalized spacial score (nSPS) is 22.5. The second kappa shape index (κ2) is 8.71. The van der Waals surface area contributed by atoms with Crippen LogP contribution in [0.2, 0.25) is 0 Å². The Balaban J connectivity index is 2.38. The van der Waals surface area contributed by atoms with Crippen LogP contribution in [-0.4, -0.2) is 74.7 Å². The molecule has 1 fully saturated rings. The van der Waals surface area contributed by atoms with Crippen LogP contribution in [-0.2, 0) is 9.53 Å². The highest BCUT2D eigenvalue weighted by Gasteiger charge is 2.33. The van der Waals surface area contributed by atoms with E-state index in [4.69, 9.17) is 4.74 Å². The summed E-state index contributed by atoms with van der Waals surface area (Å²) >= 11 is 0. The van der Waals surface area contributed by atoms with E-state index in [0.717, 1.165) is 38.9 Å². The van der Waals surface area contributed by atoms with Crippen LogP contribution < -0.4 is 5.32 Å². The Bertz CT molecular complexity index is 323. The molecule has 1 heterocycles. The molecule has 21 heavy (non-hydrogen) atoms. The third kappa shape index (κ3) is 5.57. The summed E-state index contributed by atoms with van der Waals surface area (Å²) in [6, 6.07) is 0.676. The Hall–Kier alpha value is -0.650. The third-order valence-corrected chi connectivity index (χ3v) is 4.53. The Morgan fingerprint density at radius 2 is 2.19 bits per heavy atom. The van der Waals surface area contributed by atoms with Gasteiger partial charge in [-0.15, -0.1) is 0 Å². The number of carbonyl (C=O) groups is 1. The number of likely N-dealkylation sites (tertiary alicyclic amines) is 1. The van der Waals surface area contributed by atoms with Gasteiger partial charge in [0.05, 0.1) is 7.11 Å². The molecule has 1 aliphatic rings. The molecule has 0 radical (unpaired) electrons. The number of esters is 1. The molecule has 0 saturated carbocycles. The van der Waals surface area contributed by atoms with Crippen LogP contribution in [0.15, 0.2) is 0 Å². The molecule has 1 rings (SSSR count). The molecule has 1 saturated heterocycles. The number of carbonyl (C=O) groups excluding carboxylic acids is 1. The van der Waals surface area contributed by atoms with Crippen molar-refractivity contribution in [2.24, 2.45) is 0 Å². The zero-order chi connectivity index (χ0) is 15.9. The van der Waals surface area contributed by atoms with E-state index in [1.165, 1.54) is 20.1 Å². The van der Waals surface area contributed by atoms with Crippen molar-refractivity contribution in [1.82, 2.24) is 15.1 Å². The van der Waals surface area contributed by atoms with Gasteiger partial charge in [0.2, 0.25) is 0 Å². The van der Waals surface area contributed by atoms with Crippen molar-refractivity contribution in [3.63, 3.8) is 0 Å². The molecule has 0 aliphatic carbocycles. The monoisotopic (exact) mass is 299 g/mol. The lowest BCUT2D eigenvalue weighted by Gasteiger charge is -2.29. The number of methoxy groups -OCH3 is 1. The minimum absolute atomic E-state index is 0.150. The molecule has 0 aromatic heterocycles. The first-order chi connectivity index (χ1) is 9.92. The predicted molar refractivity (Wildman–Crippen MR) is 86.5 cm³/mol. The molecule has 0 bridgehead atoms. The minimum atomic E-state index is -0.550. The highest BCUT2D eigenvalue weighted by molar-refractivity contribution is 5.80. The smallest absolute Gasteiger partial charge is 0.325 e. The topological polar surface area (TPSA) is 44.8 Å².